The number of hydrogen-bond acceptors (Lipinski definition) is 4. The molecule has 0 fully saturated rings. The molecule has 0 aromatic carbocycles. The van der Waals surface area contributed by atoms with Gasteiger partial charge in [-0.05, 0) is 6.92 Å². The van der Waals surface area contributed by atoms with Crippen LogP contribution >= 0.6 is 0 Å². The van der Waals surface area contributed by atoms with Gasteiger partial charge in [0.15, 0.2) is 0 Å². The molecule has 2 aromatic rings. The Hall–Kier alpha value is -2.38. The van der Waals surface area contributed by atoms with Crippen LogP contribution in [0.15, 0.2) is 12.4 Å². The Balaban J connectivity index is 1.87. The molecule has 0 bridgehead atoms. The van der Waals surface area contributed by atoms with E-state index >= 15 is 0 Å². The van der Waals surface area contributed by atoms with E-state index in [1.54, 1.807) is 17.9 Å². The van der Waals surface area contributed by atoms with Crippen molar-refractivity contribution < 1.29 is 4.79 Å². The number of anilines is 1. The third-order valence-corrected chi connectivity index (χ3v) is 2.53. The quantitative estimate of drug-likeness (QED) is 0.812. The fourth-order valence-corrected chi connectivity index (χ4v) is 1.39. The molecule has 2 N–H and O–H groups in total. The molecule has 0 aliphatic rings. The first-order chi connectivity index (χ1) is 8.56. The average molecular weight is 249 g/mol. The Bertz CT molecular complexity index is 537. The summed E-state index contributed by atoms with van der Waals surface area (Å²) in [6.07, 6.45) is 3.50. The number of carbonyl (C=O) groups excluding carboxylic acids is 1. The summed E-state index contributed by atoms with van der Waals surface area (Å²) in [4.78, 5) is 19.8. The summed E-state index contributed by atoms with van der Waals surface area (Å²) >= 11 is 0. The third-order valence-electron chi connectivity index (χ3n) is 2.53. The van der Waals surface area contributed by atoms with Crippen molar-refractivity contribution in [2.24, 2.45) is 14.1 Å². The lowest BCUT2D eigenvalue weighted by Crippen LogP contribution is -2.29. The number of urea groups is 1. The second-order valence-corrected chi connectivity index (χ2v) is 3.87. The van der Waals surface area contributed by atoms with Crippen molar-refractivity contribution in [2.45, 2.75) is 13.5 Å². The lowest BCUT2D eigenvalue weighted by molar-refractivity contribution is 0.251. The molecule has 0 unspecified atom stereocenters. The number of aryl methyl sites for hydroxylation is 3. The van der Waals surface area contributed by atoms with Gasteiger partial charge in [0.05, 0.1) is 6.54 Å². The maximum Gasteiger partial charge on any atom is 0.322 e. The molecule has 0 atom stereocenters. The summed E-state index contributed by atoms with van der Waals surface area (Å²) < 4.78 is 3.43. The smallest absolute Gasteiger partial charge is 0.322 e. The van der Waals surface area contributed by atoms with Gasteiger partial charge < -0.3 is 9.88 Å². The number of nitrogens with one attached hydrogen (secondary N) is 2. The highest BCUT2D eigenvalue weighted by molar-refractivity contribution is 5.87. The Morgan fingerprint density at radius 1 is 1.44 bits per heavy atom. The normalized spacial score (nSPS) is 10.4. The number of aromatic nitrogens is 5. The fraction of sp³-hybridized carbons (Fsp3) is 0.400. The number of imidazole rings is 1. The summed E-state index contributed by atoms with van der Waals surface area (Å²) in [5.41, 5.74) is 0. The van der Waals surface area contributed by atoms with Crippen LogP contribution in [0.2, 0.25) is 0 Å². The molecular weight excluding hydrogens is 234 g/mol. The van der Waals surface area contributed by atoms with Gasteiger partial charge >= 0.3 is 6.03 Å². The molecule has 2 amide bonds. The van der Waals surface area contributed by atoms with Crippen LogP contribution in [-0.2, 0) is 20.6 Å². The first-order valence-corrected chi connectivity index (χ1v) is 5.45. The van der Waals surface area contributed by atoms with E-state index < -0.39 is 0 Å². The van der Waals surface area contributed by atoms with Crippen molar-refractivity contribution in [3.8, 4) is 0 Å². The SMILES string of the molecule is Cc1nc(NC(=O)NCc2nccn2C)nn1C. The van der Waals surface area contributed by atoms with Crippen LogP contribution < -0.4 is 10.6 Å². The van der Waals surface area contributed by atoms with Gasteiger partial charge in [-0.25, -0.2) is 9.78 Å². The van der Waals surface area contributed by atoms with E-state index in [9.17, 15) is 4.79 Å². The van der Waals surface area contributed by atoms with Gasteiger partial charge in [0, 0.05) is 26.5 Å². The summed E-state index contributed by atoms with van der Waals surface area (Å²) in [6.45, 7) is 2.16. The first-order valence-electron chi connectivity index (χ1n) is 5.45. The minimum atomic E-state index is -0.358. The predicted molar refractivity (Wildman–Crippen MR) is 64.8 cm³/mol. The average Bonchev–Trinajstić information content (AvgIpc) is 2.84. The number of carbonyl (C=O) groups is 1. The Kier molecular flexibility index (Phi) is 3.26. The minimum absolute atomic E-state index is 0.285. The van der Waals surface area contributed by atoms with Gasteiger partial charge in [-0.3, -0.25) is 10.00 Å². The van der Waals surface area contributed by atoms with E-state index in [0.29, 0.717) is 6.54 Å². The topological polar surface area (TPSA) is 89.7 Å². The molecule has 8 nitrogen and oxygen atoms in total. The van der Waals surface area contributed by atoms with Gasteiger partial charge in [0.1, 0.15) is 11.6 Å². The Morgan fingerprint density at radius 3 is 2.78 bits per heavy atom. The standard InChI is InChI=1S/C10H15N7O/c1-7-13-9(15-17(7)3)14-10(18)12-6-8-11-4-5-16(8)2/h4-5H,6H2,1-3H3,(H2,12,14,15,18). The molecule has 0 saturated carbocycles. The zero-order chi connectivity index (χ0) is 13.1. The van der Waals surface area contributed by atoms with Crippen LogP contribution in [0.5, 0.6) is 0 Å². The molecule has 8 heteroatoms. The minimum Gasteiger partial charge on any atom is -0.337 e. The van der Waals surface area contributed by atoms with Gasteiger partial charge in [-0.1, -0.05) is 0 Å². The molecule has 0 aliphatic carbocycles. The largest absolute Gasteiger partial charge is 0.337 e. The highest BCUT2D eigenvalue weighted by Gasteiger charge is 2.08. The molecule has 2 heterocycles. The maximum absolute atomic E-state index is 11.6. The first kappa shape index (κ1) is 12.1. The Labute approximate surface area is 104 Å². The van der Waals surface area contributed by atoms with Crippen molar-refractivity contribution in [3.05, 3.63) is 24.0 Å². The molecular formula is C10H15N7O. The predicted octanol–water partition coefficient (Wildman–Crippen LogP) is 0.179. The molecule has 0 saturated heterocycles. The molecule has 96 valence electrons. The van der Waals surface area contributed by atoms with Gasteiger partial charge in [-0.2, -0.15) is 4.98 Å². The van der Waals surface area contributed by atoms with E-state index in [1.807, 2.05) is 24.7 Å². The van der Waals surface area contributed by atoms with Crippen LogP contribution in [0.4, 0.5) is 10.7 Å². The van der Waals surface area contributed by atoms with Crippen molar-refractivity contribution in [3.63, 3.8) is 0 Å². The second-order valence-electron chi connectivity index (χ2n) is 3.87. The van der Waals surface area contributed by atoms with Crippen molar-refractivity contribution in [1.82, 2.24) is 29.6 Å². The van der Waals surface area contributed by atoms with Crippen LogP contribution in [-0.4, -0.2) is 30.3 Å². The molecule has 18 heavy (non-hydrogen) atoms. The molecule has 0 spiro atoms. The molecule has 2 aromatic heterocycles. The molecule has 0 radical (unpaired) electrons. The van der Waals surface area contributed by atoms with Crippen LogP contribution in [0.3, 0.4) is 0 Å². The van der Waals surface area contributed by atoms with Gasteiger partial charge in [-0.15, -0.1) is 5.10 Å². The van der Waals surface area contributed by atoms with Crippen molar-refractivity contribution in [2.75, 3.05) is 5.32 Å². The highest BCUT2D eigenvalue weighted by atomic mass is 16.2. The van der Waals surface area contributed by atoms with E-state index in [4.69, 9.17) is 0 Å². The zero-order valence-corrected chi connectivity index (χ0v) is 10.5. The lowest BCUT2D eigenvalue weighted by atomic mass is 10.6. The van der Waals surface area contributed by atoms with Crippen LogP contribution in [0.1, 0.15) is 11.6 Å². The van der Waals surface area contributed by atoms with E-state index in [2.05, 4.69) is 25.7 Å². The molecule has 0 aliphatic heterocycles. The van der Waals surface area contributed by atoms with Crippen molar-refractivity contribution >= 4 is 12.0 Å². The number of hydrogen-bond donors (Lipinski definition) is 2. The lowest BCUT2D eigenvalue weighted by Gasteiger charge is -2.04. The van der Waals surface area contributed by atoms with E-state index in [1.165, 1.54) is 0 Å². The number of rotatable bonds is 3. The van der Waals surface area contributed by atoms with Crippen molar-refractivity contribution in [1.29, 1.82) is 0 Å². The highest BCUT2D eigenvalue weighted by Crippen LogP contribution is 2.00. The Morgan fingerprint density at radius 2 is 2.22 bits per heavy atom. The van der Waals surface area contributed by atoms with E-state index in [0.717, 1.165) is 11.6 Å². The summed E-state index contributed by atoms with van der Waals surface area (Å²) in [5, 5.41) is 9.26. The summed E-state index contributed by atoms with van der Waals surface area (Å²) in [7, 11) is 3.63. The zero-order valence-electron chi connectivity index (χ0n) is 10.5. The number of amides is 2. The van der Waals surface area contributed by atoms with E-state index in [-0.39, 0.29) is 12.0 Å². The van der Waals surface area contributed by atoms with Gasteiger partial charge in [0.2, 0.25) is 5.95 Å². The summed E-state index contributed by atoms with van der Waals surface area (Å²) in [5.74, 6) is 1.79. The maximum atomic E-state index is 11.6. The third kappa shape index (κ3) is 2.65. The monoisotopic (exact) mass is 249 g/mol. The summed E-state index contributed by atoms with van der Waals surface area (Å²) in [6, 6.07) is -0.358. The van der Waals surface area contributed by atoms with Crippen LogP contribution in [0, 0.1) is 6.92 Å². The van der Waals surface area contributed by atoms with Gasteiger partial charge in [0.25, 0.3) is 0 Å². The fourth-order valence-electron chi connectivity index (χ4n) is 1.39. The number of nitrogens with zero attached hydrogens (tertiary/aromatic N) is 5. The van der Waals surface area contributed by atoms with Crippen LogP contribution in [0.25, 0.3) is 0 Å². The molecule has 2 rings (SSSR count). The second kappa shape index (κ2) is 4.86.